The summed E-state index contributed by atoms with van der Waals surface area (Å²) in [6.07, 6.45) is 1.06. The van der Waals surface area contributed by atoms with Crippen molar-refractivity contribution in [3.8, 4) is 5.75 Å². The predicted octanol–water partition coefficient (Wildman–Crippen LogP) is 2.64. The molecule has 1 aliphatic rings. The smallest absolute Gasteiger partial charge is 0.143 e. The van der Waals surface area contributed by atoms with E-state index in [9.17, 15) is 0 Å². The zero-order valence-corrected chi connectivity index (χ0v) is 8.23. The number of benzene rings is 1. The van der Waals surface area contributed by atoms with Crippen LogP contribution in [0.3, 0.4) is 0 Å². The Morgan fingerprint density at radius 3 is 3.25 bits per heavy atom. The number of hydrogen-bond donors (Lipinski definition) is 1. The monoisotopic (exact) mass is 227 g/mol. The highest BCUT2D eigenvalue weighted by atomic mass is 79.9. The van der Waals surface area contributed by atoms with E-state index in [-0.39, 0.29) is 0 Å². The quantitative estimate of drug-likeness (QED) is 0.736. The highest BCUT2D eigenvalue weighted by Gasteiger charge is 2.09. The minimum Gasteiger partial charge on any atom is -0.491 e. The minimum atomic E-state index is 0.802. The molecule has 12 heavy (non-hydrogen) atoms. The van der Waals surface area contributed by atoms with Gasteiger partial charge < -0.3 is 10.1 Å². The molecule has 0 aliphatic carbocycles. The van der Waals surface area contributed by atoms with Crippen molar-refractivity contribution in [1.29, 1.82) is 0 Å². The Balaban J connectivity index is 2.42. The van der Waals surface area contributed by atoms with Gasteiger partial charge in [-0.2, -0.15) is 0 Å². The molecule has 1 aliphatic heterocycles. The van der Waals surface area contributed by atoms with Crippen LogP contribution in [0.5, 0.6) is 5.75 Å². The summed E-state index contributed by atoms with van der Waals surface area (Å²) in [7, 11) is 0. The summed E-state index contributed by atoms with van der Waals surface area (Å²) in [5.41, 5.74) is 1.08. The van der Waals surface area contributed by atoms with Gasteiger partial charge >= 0.3 is 0 Å². The second-order valence-electron chi connectivity index (χ2n) is 2.74. The van der Waals surface area contributed by atoms with E-state index in [4.69, 9.17) is 4.74 Å². The summed E-state index contributed by atoms with van der Waals surface area (Å²) in [4.78, 5) is 0. The third-order valence-electron chi connectivity index (χ3n) is 1.86. The van der Waals surface area contributed by atoms with Crippen molar-refractivity contribution in [2.24, 2.45) is 0 Å². The number of anilines is 1. The molecule has 0 aromatic heterocycles. The Bertz CT molecular complexity index is 288. The molecule has 0 fully saturated rings. The molecule has 64 valence electrons. The van der Waals surface area contributed by atoms with Gasteiger partial charge in [0.25, 0.3) is 0 Å². The fourth-order valence-corrected chi connectivity index (χ4v) is 1.75. The zero-order valence-electron chi connectivity index (χ0n) is 6.64. The topological polar surface area (TPSA) is 21.3 Å². The van der Waals surface area contributed by atoms with Gasteiger partial charge in [-0.05, 0) is 34.5 Å². The van der Waals surface area contributed by atoms with Crippen LogP contribution >= 0.6 is 15.9 Å². The molecule has 1 aromatic rings. The SMILES string of the molecule is Brc1cccc2c1NCCCO2. The second kappa shape index (κ2) is 3.35. The summed E-state index contributed by atoms with van der Waals surface area (Å²) in [6.45, 7) is 1.78. The number of para-hydroxylation sites is 1. The molecule has 0 radical (unpaired) electrons. The van der Waals surface area contributed by atoms with E-state index in [2.05, 4.69) is 21.2 Å². The van der Waals surface area contributed by atoms with E-state index < -0.39 is 0 Å². The number of hydrogen-bond acceptors (Lipinski definition) is 2. The summed E-state index contributed by atoms with van der Waals surface area (Å²) in [5.74, 6) is 0.946. The Labute approximate surface area is 80.1 Å². The van der Waals surface area contributed by atoms with Crippen molar-refractivity contribution in [2.75, 3.05) is 18.5 Å². The van der Waals surface area contributed by atoms with Gasteiger partial charge in [0.15, 0.2) is 0 Å². The molecule has 2 rings (SSSR count). The lowest BCUT2D eigenvalue weighted by molar-refractivity contribution is 0.323. The molecule has 0 saturated heterocycles. The molecule has 0 amide bonds. The first-order valence-electron chi connectivity index (χ1n) is 4.03. The average molecular weight is 228 g/mol. The van der Waals surface area contributed by atoms with Crippen LogP contribution < -0.4 is 10.1 Å². The first-order chi connectivity index (χ1) is 5.88. The molecule has 0 bridgehead atoms. The highest BCUT2D eigenvalue weighted by Crippen LogP contribution is 2.33. The predicted molar refractivity (Wildman–Crippen MR) is 52.7 cm³/mol. The number of nitrogens with one attached hydrogen (secondary N) is 1. The van der Waals surface area contributed by atoms with Crippen molar-refractivity contribution in [3.63, 3.8) is 0 Å². The lowest BCUT2D eigenvalue weighted by Gasteiger charge is -2.08. The van der Waals surface area contributed by atoms with Gasteiger partial charge in [0.2, 0.25) is 0 Å². The fraction of sp³-hybridized carbons (Fsp3) is 0.333. The third kappa shape index (κ3) is 1.41. The Hall–Kier alpha value is -0.700. The van der Waals surface area contributed by atoms with Gasteiger partial charge in [-0.1, -0.05) is 6.07 Å². The van der Waals surface area contributed by atoms with Crippen LogP contribution in [0.15, 0.2) is 22.7 Å². The van der Waals surface area contributed by atoms with Crippen LogP contribution in [0.25, 0.3) is 0 Å². The van der Waals surface area contributed by atoms with Crippen LogP contribution in [0, 0.1) is 0 Å². The normalized spacial score (nSPS) is 15.4. The van der Waals surface area contributed by atoms with Crippen molar-refractivity contribution >= 4 is 21.6 Å². The van der Waals surface area contributed by atoms with Gasteiger partial charge in [-0.3, -0.25) is 0 Å². The molecule has 1 heterocycles. The maximum absolute atomic E-state index is 5.54. The van der Waals surface area contributed by atoms with Crippen LogP contribution in [-0.4, -0.2) is 13.2 Å². The molecule has 3 heteroatoms. The summed E-state index contributed by atoms with van der Waals surface area (Å²) >= 11 is 3.47. The number of rotatable bonds is 0. The molecular formula is C9H10BrNO. The van der Waals surface area contributed by atoms with Gasteiger partial charge in [-0.15, -0.1) is 0 Å². The first-order valence-corrected chi connectivity index (χ1v) is 4.82. The molecule has 2 nitrogen and oxygen atoms in total. The third-order valence-corrected chi connectivity index (χ3v) is 2.52. The fourth-order valence-electron chi connectivity index (χ4n) is 1.26. The number of ether oxygens (including phenoxy) is 1. The van der Waals surface area contributed by atoms with Crippen molar-refractivity contribution < 1.29 is 4.74 Å². The number of halogens is 1. The number of fused-ring (bicyclic) bond motifs is 1. The lowest BCUT2D eigenvalue weighted by Crippen LogP contribution is -2.00. The Kier molecular flexibility index (Phi) is 2.21. The van der Waals surface area contributed by atoms with Crippen molar-refractivity contribution in [2.45, 2.75) is 6.42 Å². The maximum Gasteiger partial charge on any atom is 0.143 e. The standard InChI is InChI=1S/C9H10BrNO/c10-7-3-1-4-8-9(7)11-5-2-6-12-8/h1,3-4,11H,2,5-6H2. The Morgan fingerprint density at radius 1 is 1.42 bits per heavy atom. The van der Waals surface area contributed by atoms with E-state index in [1.807, 2.05) is 18.2 Å². The first kappa shape index (κ1) is 7.92. The van der Waals surface area contributed by atoms with E-state index in [0.29, 0.717) is 0 Å². The van der Waals surface area contributed by atoms with E-state index in [1.165, 1.54) is 0 Å². The van der Waals surface area contributed by atoms with E-state index in [1.54, 1.807) is 0 Å². The van der Waals surface area contributed by atoms with Gasteiger partial charge in [-0.25, -0.2) is 0 Å². The van der Waals surface area contributed by atoms with Gasteiger partial charge in [0, 0.05) is 11.0 Å². The van der Waals surface area contributed by atoms with Gasteiger partial charge in [0.1, 0.15) is 5.75 Å². The zero-order chi connectivity index (χ0) is 8.39. The molecule has 0 atom stereocenters. The molecule has 0 spiro atoms. The van der Waals surface area contributed by atoms with Crippen LogP contribution in [0.2, 0.25) is 0 Å². The lowest BCUT2D eigenvalue weighted by atomic mass is 10.3. The molecular weight excluding hydrogens is 218 g/mol. The van der Waals surface area contributed by atoms with Crippen molar-refractivity contribution in [3.05, 3.63) is 22.7 Å². The van der Waals surface area contributed by atoms with Crippen LogP contribution in [-0.2, 0) is 0 Å². The van der Waals surface area contributed by atoms with E-state index >= 15 is 0 Å². The molecule has 1 aromatic carbocycles. The summed E-state index contributed by atoms with van der Waals surface area (Å²) in [5, 5.41) is 3.32. The van der Waals surface area contributed by atoms with Gasteiger partial charge in [0.05, 0.1) is 12.3 Å². The molecule has 1 N–H and O–H groups in total. The molecule has 0 unspecified atom stereocenters. The van der Waals surface area contributed by atoms with Crippen LogP contribution in [0.1, 0.15) is 6.42 Å². The minimum absolute atomic E-state index is 0.802. The van der Waals surface area contributed by atoms with E-state index in [0.717, 1.165) is 35.5 Å². The Morgan fingerprint density at radius 2 is 2.33 bits per heavy atom. The van der Waals surface area contributed by atoms with Crippen molar-refractivity contribution in [1.82, 2.24) is 0 Å². The van der Waals surface area contributed by atoms with Crippen LogP contribution in [0.4, 0.5) is 5.69 Å². The second-order valence-corrected chi connectivity index (χ2v) is 3.60. The average Bonchev–Trinajstić information content (AvgIpc) is 2.30. The summed E-state index contributed by atoms with van der Waals surface area (Å²) < 4.78 is 6.61. The highest BCUT2D eigenvalue weighted by molar-refractivity contribution is 9.10. The maximum atomic E-state index is 5.54. The summed E-state index contributed by atoms with van der Waals surface area (Å²) in [6, 6.07) is 5.98. The molecule has 0 saturated carbocycles. The largest absolute Gasteiger partial charge is 0.491 e.